The van der Waals surface area contributed by atoms with Crippen LogP contribution in [0.15, 0.2) is 60.7 Å². The standard InChI is InChI=1S/C33H48NO4Si/c1-25(38-39(5,6)32(2,3)4)37-33(26-15-9-7-10-16-26,27-17-11-8-12-18-27)31(35)36-30-23-28-19-20-29(24-30)34(28)21-13-14-22-34/h7-12,15-18,25,28-30H,13-14,19-24H2,1-6H3/q+1. The minimum absolute atomic E-state index is 0.0170. The Hall–Kier alpha value is -1.99. The number of hydrogen-bond donors (Lipinski definition) is 0. The topological polar surface area (TPSA) is 44.8 Å². The fourth-order valence-electron chi connectivity index (χ4n) is 7.34. The maximum absolute atomic E-state index is 14.6. The molecule has 2 aromatic rings. The van der Waals surface area contributed by atoms with Crippen molar-refractivity contribution in [2.75, 3.05) is 13.1 Å². The first-order valence-electron chi connectivity index (χ1n) is 15.0. The minimum Gasteiger partial charge on any atom is -0.459 e. The van der Waals surface area contributed by atoms with E-state index >= 15 is 0 Å². The second kappa shape index (κ2) is 10.8. The maximum Gasteiger partial charge on any atom is 0.348 e. The summed E-state index contributed by atoms with van der Waals surface area (Å²) in [5.41, 5.74) is 0.128. The molecule has 0 radical (unpaired) electrons. The highest BCUT2D eigenvalue weighted by Crippen LogP contribution is 2.47. The lowest BCUT2D eigenvalue weighted by molar-refractivity contribution is -0.956. The summed E-state index contributed by atoms with van der Waals surface area (Å²) in [6.45, 7) is 15.6. The highest BCUT2D eigenvalue weighted by Gasteiger charge is 2.57. The molecular formula is C33H48NO4Si+. The smallest absolute Gasteiger partial charge is 0.348 e. The van der Waals surface area contributed by atoms with Gasteiger partial charge in [-0.3, -0.25) is 0 Å². The lowest BCUT2D eigenvalue weighted by Crippen LogP contribution is -2.60. The van der Waals surface area contributed by atoms with Gasteiger partial charge in [0, 0.05) is 38.5 Å². The second-order valence-electron chi connectivity index (χ2n) is 13.6. The van der Waals surface area contributed by atoms with Crippen LogP contribution in [-0.4, -0.2) is 56.3 Å². The SMILES string of the molecule is CC(OC(C(=O)OC1CC2CCC(C1)[N+]21CCCC1)(c1ccccc1)c1ccccc1)O[Si](C)(C)C(C)(C)C. The number of esters is 1. The van der Waals surface area contributed by atoms with Gasteiger partial charge < -0.3 is 18.4 Å². The van der Waals surface area contributed by atoms with Crippen molar-refractivity contribution in [2.45, 2.75) is 114 Å². The third-order valence-electron chi connectivity index (χ3n) is 10.3. The van der Waals surface area contributed by atoms with Crippen molar-refractivity contribution in [3.63, 3.8) is 0 Å². The molecule has 2 bridgehead atoms. The van der Waals surface area contributed by atoms with E-state index in [9.17, 15) is 4.79 Å². The molecule has 212 valence electrons. The zero-order valence-electron chi connectivity index (χ0n) is 24.8. The van der Waals surface area contributed by atoms with E-state index in [1.165, 1.54) is 43.3 Å². The van der Waals surface area contributed by atoms with E-state index in [-0.39, 0.29) is 17.1 Å². The molecule has 1 spiro atoms. The van der Waals surface area contributed by atoms with E-state index in [0.29, 0.717) is 12.1 Å². The van der Waals surface area contributed by atoms with E-state index in [1.54, 1.807) is 0 Å². The Balaban J connectivity index is 1.48. The molecule has 0 aliphatic carbocycles. The number of carbonyl (C=O) groups is 1. The molecule has 3 saturated heterocycles. The summed E-state index contributed by atoms with van der Waals surface area (Å²) >= 11 is 0. The molecule has 3 aliphatic rings. The molecule has 0 N–H and O–H groups in total. The molecule has 0 saturated carbocycles. The summed E-state index contributed by atoms with van der Waals surface area (Å²) in [5, 5.41) is 0.0170. The first-order valence-corrected chi connectivity index (χ1v) is 17.9. The summed E-state index contributed by atoms with van der Waals surface area (Å²) in [7, 11) is -2.15. The second-order valence-corrected chi connectivity index (χ2v) is 18.4. The number of benzene rings is 2. The largest absolute Gasteiger partial charge is 0.459 e. The zero-order chi connectivity index (χ0) is 27.9. The van der Waals surface area contributed by atoms with Crippen LogP contribution in [0.1, 0.15) is 77.3 Å². The molecule has 3 heterocycles. The van der Waals surface area contributed by atoms with Crippen molar-refractivity contribution in [1.82, 2.24) is 0 Å². The van der Waals surface area contributed by atoms with Gasteiger partial charge in [-0.1, -0.05) is 81.4 Å². The van der Waals surface area contributed by atoms with Crippen LogP contribution in [0.5, 0.6) is 0 Å². The summed E-state index contributed by atoms with van der Waals surface area (Å²) in [6, 6.07) is 20.9. The predicted octanol–water partition coefficient (Wildman–Crippen LogP) is 7.16. The van der Waals surface area contributed by atoms with Gasteiger partial charge in [0.15, 0.2) is 8.32 Å². The molecule has 39 heavy (non-hydrogen) atoms. The van der Waals surface area contributed by atoms with E-state index in [2.05, 4.69) is 33.9 Å². The molecule has 0 aromatic heterocycles. The number of rotatable bonds is 8. The Morgan fingerprint density at radius 2 is 1.36 bits per heavy atom. The molecule has 2 aromatic carbocycles. The quantitative estimate of drug-likeness (QED) is 0.151. The highest BCUT2D eigenvalue weighted by atomic mass is 28.4. The van der Waals surface area contributed by atoms with Crippen LogP contribution in [0.4, 0.5) is 0 Å². The number of piperidine rings is 1. The van der Waals surface area contributed by atoms with Gasteiger partial charge in [-0.2, -0.15) is 0 Å². The molecule has 0 amide bonds. The van der Waals surface area contributed by atoms with Crippen LogP contribution < -0.4 is 0 Å². The van der Waals surface area contributed by atoms with Gasteiger partial charge >= 0.3 is 5.97 Å². The van der Waals surface area contributed by atoms with Crippen molar-refractivity contribution >= 4 is 14.3 Å². The van der Waals surface area contributed by atoms with Gasteiger partial charge in [0.25, 0.3) is 0 Å². The lowest BCUT2D eigenvalue weighted by atomic mass is 9.85. The highest BCUT2D eigenvalue weighted by molar-refractivity contribution is 6.74. The Morgan fingerprint density at radius 1 is 0.872 bits per heavy atom. The number of nitrogens with zero attached hydrogens (tertiary/aromatic N) is 1. The lowest BCUT2D eigenvalue weighted by Gasteiger charge is -2.47. The molecule has 5 nitrogen and oxygen atoms in total. The van der Waals surface area contributed by atoms with Crippen LogP contribution in [0, 0.1) is 0 Å². The summed E-state index contributed by atoms with van der Waals surface area (Å²) in [4.78, 5) is 14.6. The normalized spacial score (nSPS) is 25.5. The van der Waals surface area contributed by atoms with E-state index in [1.807, 2.05) is 67.6 Å². The molecule has 3 fully saturated rings. The minimum atomic E-state index is -2.15. The number of quaternary nitrogens is 1. The van der Waals surface area contributed by atoms with E-state index in [0.717, 1.165) is 24.0 Å². The average molecular weight is 551 g/mol. The van der Waals surface area contributed by atoms with Crippen molar-refractivity contribution in [3.8, 4) is 0 Å². The fourth-order valence-corrected chi connectivity index (χ4v) is 8.57. The van der Waals surface area contributed by atoms with Gasteiger partial charge in [0.05, 0.1) is 25.2 Å². The first kappa shape index (κ1) is 28.5. The molecular weight excluding hydrogens is 502 g/mol. The Kier molecular flexibility index (Phi) is 7.88. The third kappa shape index (κ3) is 5.26. The number of carbonyl (C=O) groups excluding carboxylic acids is 1. The fraction of sp³-hybridized carbons (Fsp3) is 0.606. The number of hydrogen-bond acceptors (Lipinski definition) is 4. The van der Waals surface area contributed by atoms with Crippen molar-refractivity contribution in [2.24, 2.45) is 0 Å². The molecule has 5 rings (SSSR count). The van der Waals surface area contributed by atoms with E-state index in [4.69, 9.17) is 13.9 Å². The van der Waals surface area contributed by atoms with Gasteiger partial charge in [0.1, 0.15) is 12.4 Å². The van der Waals surface area contributed by atoms with Crippen molar-refractivity contribution < 1.29 is 23.2 Å². The third-order valence-corrected chi connectivity index (χ3v) is 14.8. The molecule has 3 unspecified atom stereocenters. The zero-order valence-corrected chi connectivity index (χ0v) is 25.8. The maximum atomic E-state index is 14.6. The molecule has 3 atom stereocenters. The molecule has 3 aliphatic heterocycles. The van der Waals surface area contributed by atoms with Crippen LogP contribution in [-0.2, 0) is 24.3 Å². The Labute approximate surface area is 236 Å². The van der Waals surface area contributed by atoms with Crippen LogP contribution >= 0.6 is 0 Å². The van der Waals surface area contributed by atoms with Crippen molar-refractivity contribution in [1.29, 1.82) is 0 Å². The van der Waals surface area contributed by atoms with Gasteiger partial charge in [0.2, 0.25) is 5.60 Å². The van der Waals surface area contributed by atoms with Crippen LogP contribution in [0.25, 0.3) is 0 Å². The Morgan fingerprint density at radius 3 is 1.82 bits per heavy atom. The van der Waals surface area contributed by atoms with Gasteiger partial charge in [-0.05, 0) is 36.2 Å². The monoisotopic (exact) mass is 550 g/mol. The van der Waals surface area contributed by atoms with Crippen LogP contribution in [0.2, 0.25) is 18.1 Å². The number of ether oxygens (including phenoxy) is 2. The summed E-state index contributed by atoms with van der Waals surface area (Å²) in [5.74, 6) is -0.329. The average Bonchev–Trinajstić information content (AvgIpc) is 3.44. The summed E-state index contributed by atoms with van der Waals surface area (Å²) < 4.78 is 21.3. The first-order chi connectivity index (χ1) is 18.5. The van der Waals surface area contributed by atoms with Gasteiger partial charge in [-0.15, -0.1) is 0 Å². The van der Waals surface area contributed by atoms with Gasteiger partial charge in [-0.25, -0.2) is 4.79 Å². The summed E-state index contributed by atoms with van der Waals surface area (Å²) in [6.07, 6.45) is 6.43. The van der Waals surface area contributed by atoms with E-state index < -0.39 is 20.2 Å². The van der Waals surface area contributed by atoms with Crippen molar-refractivity contribution in [3.05, 3.63) is 71.8 Å². The predicted molar refractivity (Wildman–Crippen MR) is 158 cm³/mol. The molecule has 6 heteroatoms. The van der Waals surface area contributed by atoms with Crippen LogP contribution in [0.3, 0.4) is 0 Å². The Bertz CT molecular complexity index is 1070.